The summed E-state index contributed by atoms with van der Waals surface area (Å²) in [5.74, 6) is 1.99. The van der Waals surface area contributed by atoms with Gasteiger partial charge < -0.3 is 5.32 Å². The number of halogens is 2. The number of benzene rings is 1. The summed E-state index contributed by atoms with van der Waals surface area (Å²) in [6, 6.07) is 6.86. The average Bonchev–Trinajstić information content (AvgIpc) is 2.16. The van der Waals surface area contributed by atoms with Crippen LogP contribution in [0.15, 0.2) is 24.3 Å². The maximum atomic E-state index is 11.3. The van der Waals surface area contributed by atoms with Crippen molar-refractivity contribution < 1.29 is 4.79 Å². The van der Waals surface area contributed by atoms with Crippen molar-refractivity contribution in [1.29, 1.82) is 0 Å². The smallest absolute Gasteiger partial charge is 0.250 e. The van der Waals surface area contributed by atoms with Gasteiger partial charge in [-0.3, -0.25) is 4.79 Å². The second kappa shape index (κ2) is 5.04. The van der Waals surface area contributed by atoms with Gasteiger partial charge in [0.2, 0.25) is 5.91 Å². The predicted octanol–water partition coefficient (Wildman–Crippen LogP) is 2.68. The molecule has 0 aliphatic heterocycles. The molecule has 0 heterocycles. The number of terminal acetylenes is 1. The predicted molar refractivity (Wildman–Crippen MR) is 61.6 cm³/mol. The highest BCUT2D eigenvalue weighted by Gasteiger charge is 2.10. The zero-order chi connectivity index (χ0) is 10.6. The third-order valence-corrected chi connectivity index (χ3v) is 2.38. The maximum absolute atomic E-state index is 11.3. The number of nitrogens with one attached hydrogen (secondary N) is 1. The monoisotopic (exact) mass is 271 g/mol. The zero-order valence-corrected chi connectivity index (χ0v) is 9.47. The minimum Gasteiger partial charge on any atom is -0.324 e. The van der Waals surface area contributed by atoms with E-state index in [9.17, 15) is 4.79 Å². The van der Waals surface area contributed by atoms with Crippen LogP contribution < -0.4 is 5.32 Å². The molecule has 1 N–H and O–H groups in total. The number of carbonyl (C=O) groups excluding carboxylic acids is 1. The van der Waals surface area contributed by atoms with Crippen molar-refractivity contribution in [3.63, 3.8) is 0 Å². The lowest BCUT2D eigenvalue weighted by molar-refractivity contribution is -0.114. The summed E-state index contributed by atoms with van der Waals surface area (Å²) >= 11 is 8.78. The van der Waals surface area contributed by atoms with Crippen molar-refractivity contribution in [3.05, 3.63) is 29.3 Å². The van der Waals surface area contributed by atoms with Gasteiger partial charge in [-0.1, -0.05) is 39.5 Å². The number of hydrogen-bond donors (Lipinski definition) is 1. The minimum atomic E-state index is -0.624. The fourth-order valence-corrected chi connectivity index (χ4v) is 1.15. The third-order valence-electron chi connectivity index (χ3n) is 1.47. The molecule has 0 aliphatic rings. The number of hydrogen-bond acceptors (Lipinski definition) is 1. The van der Waals surface area contributed by atoms with E-state index in [-0.39, 0.29) is 5.91 Å². The fourth-order valence-electron chi connectivity index (χ4n) is 0.848. The lowest BCUT2D eigenvalue weighted by Gasteiger charge is -2.05. The molecule has 0 fully saturated rings. The summed E-state index contributed by atoms with van der Waals surface area (Å²) < 4.78 is 0. The molecule has 0 saturated carbocycles. The molecule has 1 aromatic rings. The molecule has 0 radical (unpaired) electrons. The van der Waals surface area contributed by atoms with Gasteiger partial charge >= 0.3 is 0 Å². The van der Waals surface area contributed by atoms with Crippen molar-refractivity contribution in [1.82, 2.24) is 0 Å². The topological polar surface area (TPSA) is 29.1 Å². The average molecular weight is 273 g/mol. The van der Waals surface area contributed by atoms with Gasteiger partial charge in [-0.2, -0.15) is 0 Å². The standard InChI is InChI=1S/C10H7BrClNO/c1-2-9(11)10(14)13-8-5-3-4-7(12)6-8/h1,3-6,9H,(H,13,14). The molecule has 72 valence electrons. The first kappa shape index (κ1) is 11.1. The molecular weight excluding hydrogens is 265 g/mol. The highest BCUT2D eigenvalue weighted by molar-refractivity contribution is 9.10. The minimum absolute atomic E-state index is 0.283. The highest BCUT2D eigenvalue weighted by Crippen LogP contribution is 2.15. The van der Waals surface area contributed by atoms with Crippen molar-refractivity contribution in [2.45, 2.75) is 4.83 Å². The highest BCUT2D eigenvalue weighted by atomic mass is 79.9. The SMILES string of the molecule is C#CC(Br)C(=O)Nc1cccc(Cl)c1. The maximum Gasteiger partial charge on any atom is 0.250 e. The van der Waals surface area contributed by atoms with Crippen molar-refractivity contribution in [2.75, 3.05) is 5.32 Å². The van der Waals surface area contributed by atoms with Crippen LogP contribution in [0.4, 0.5) is 5.69 Å². The second-order valence-electron chi connectivity index (χ2n) is 2.53. The Labute approximate surface area is 95.8 Å². The van der Waals surface area contributed by atoms with Crippen molar-refractivity contribution in [2.24, 2.45) is 0 Å². The molecular formula is C10H7BrClNO. The molecule has 1 atom stereocenters. The number of alkyl halides is 1. The van der Waals surface area contributed by atoms with Gasteiger partial charge in [-0.15, -0.1) is 6.42 Å². The van der Waals surface area contributed by atoms with E-state index in [0.29, 0.717) is 10.7 Å². The van der Waals surface area contributed by atoms with Crippen LogP contribution in [-0.4, -0.2) is 10.7 Å². The van der Waals surface area contributed by atoms with Gasteiger partial charge in [0, 0.05) is 10.7 Å². The van der Waals surface area contributed by atoms with E-state index >= 15 is 0 Å². The van der Waals surface area contributed by atoms with Crippen LogP contribution in [0.1, 0.15) is 0 Å². The fraction of sp³-hybridized carbons (Fsp3) is 0.100. The molecule has 0 bridgehead atoms. The Bertz CT molecular complexity index is 386. The Morgan fingerprint density at radius 1 is 1.64 bits per heavy atom. The summed E-state index contributed by atoms with van der Waals surface area (Å²) in [5.41, 5.74) is 0.627. The quantitative estimate of drug-likeness (QED) is 0.651. The first-order chi connectivity index (χ1) is 6.63. The molecule has 4 heteroatoms. The summed E-state index contributed by atoms with van der Waals surface area (Å²) in [4.78, 5) is 10.7. The Hall–Kier alpha value is -0.980. The molecule has 1 aromatic carbocycles. The zero-order valence-electron chi connectivity index (χ0n) is 7.13. The van der Waals surface area contributed by atoms with Gasteiger partial charge in [-0.05, 0) is 18.2 Å². The summed E-state index contributed by atoms with van der Waals surface area (Å²) in [6.45, 7) is 0. The van der Waals surface area contributed by atoms with Gasteiger partial charge in [0.05, 0.1) is 0 Å². The van der Waals surface area contributed by atoms with Crippen molar-refractivity contribution >= 4 is 39.1 Å². The molecule has 1 rings (SSSR count). The second-order valence-corrected chi connectivity index (χ2v) is 3.88. The molecule has 0 saturated heterocycles. The summed E-state index contributed by atoms with van der Waals surface area (Å²) in [6.07, 6.45) is 5.07. The van der Waals surface area contributed by atoms with E-state index in [1.165, 1.54) is 0 Å². The molecule has 2 nitrogen and oxygen atoms in total. The summed E-state index contributed by atoms with van der Waals surface area (Å²) in [7, 11) is 0. The van der Waals surface area contributed by atoms with Crippen LogP contribution in [0, 0.1) is 12.3 Å². The number of carbonyl (C=O) groups is 1. The molecule has 1 unspecified atom stereocenters. The van der Waals surface area contributed by atoms with E-state index in [1.807, 2.05) is 0 Å². The number of amides is 1. The third kappa shape index (κ3) is 3.06. The van der Waals surface area contributed by atoms with E-state index < -0.39 is 4.83 Å². The molecule has 0 aromatic heterocycles. The Kier molecular flexibility index (Phi) is 3.99. The van der Waals surface area contributed by atoms with Crippen molar-refractivity contribution in [3.8, 4) is 12.3 Å². The molecule has 1 amide bonds. The van der Waals surface area contributed by atoms with E-state index in [4.69, 9.17) is 18.0 Å². The van der Waals surface area contributed by atoms with Crippen LogP contribution in [0.25, 0.3) is 0 Å². The van der Waals surface area contributed by atoms with Crippen LogP contribution in [0.3, 0.4) is 0 Å². The van der Waals surface area contributed by atoms with Gasteiger partial charge in [-0.25, -0.2) is 0 Å². The van der Waals surface area contributed by atoms with Gasteiger partial charge in [0.1, 0.15) is 0 Å². The number of rotatable bonds is 2. The normalized spacial score (nSPS) is 11.5. The molecule has 14 heavy (non-hydrogen) atoms. The largest absolute Gasteiger partial charge is 0.324 e. The van der Waals surface area contributed by atoms with Crippen LogP contribution in [0.5, 0.6) is 0 Å². The first-order valence-corrected chi connectivity index (χ1v) is 5.09. The first-order valence-electron chi connectivity index (χ1n) is 3.80. The molecule has 0 spiro atoms. The summed E-state index contributed by atoms with van der Waals surface area (Å²) in [5, 5.41) is 3.19. The van der Waals surface area contributed by atoms with E-state index in [2.05, 4.69) is 27.2 Å². The van der Waals surface area contributed by atoms with Crippen LogP contribution >= 0.6 is 27.5 Å². The Balaban J connectivity index is 2.71. The van der Waals surface area contributed by atoms with Gasteiger partial charge in [0.15, 0.2) is 4.83 Å². The molecule has 0 aliphatic carbocycles. The van der Waals surface area contributed by atoms with E-state index in [0.717, 1.165) is 0 Å². The van der Waals surface area contributed by atoms with Crippen LogP contribution in [-0.2, 0) is 4.79 Å². The Morgan fingerprint density at radius 2 is 2.36 bits per heavy atom. The van der Waals surface area contributed by atoms with Gasteiger partial charge in [0.25, 0.3) is 0 Å². The lowest BCUT2D eigenvalue weighted by Crippen LogP contribution is -2.21. The lowest BCUT2D eigenvalue weighted by atomic mass is 10.3. The van der Waals surface area contributed by atoms with Crippen LogP contribution in [0.2, 0.25) is 5.02 Å². The Morgan fingerprint density at radius 3 is 2.93 bits per heavy atom. The van der Waals surface area contributed by atoms with E-state index in [1.54, 1.807) is 24.3 Å². The number of anilines is 1.